The molecule has 0 aliphatic heterocycles. The highest BCUT2D eigenvalue weighted by molar-refractivity contribution is 6.23. The number of para-hydroxylation sites is 3. The SMILES string of the molecule is c1ccc(-c2ccccc2N(c2cc3c(oc4cccc(-c5ccc6ccccc6c5)c43)c3ccccc23)c2cccc3c2oc2ccccc23)cc1. The van der Waals surface area contributed by atoms with Crippen molar-refractivity contribution in [1.29, 1.82) is 0 Å². The van der Waals surface area contributed by atoms with Gasteiger partial charge in [-0.25, -0.2) is 0 Å². The molecule has 0 radical (unpaired) electrons. The predicted molar refractivity (Wildman–Crippen MR) is 222 cm³/mol. The van der Waals surface area contributed by atoms with Crippen LogP contribution in [0.15, 0.2) is 197 Å². The van der Waals surface area contributed by atoms with Gasteiger partial charge >= 0.3 is 0 Å². The van der Waals surface area contributed by atoms with E-state index in [0.29, 0.717) is 0 Å². The number of furan rings is 2. The van der Waals surface area contributed by atoms with Gasteiger partial charge in [-0.05, 0) is 63.9 Å². The molecule has 0 bridgehead atoms. The van der Waals surface area contributed by atoms with Gasteiger partial charge in [0.1, 0.15) is 16.7 Å². The summed E-state index contributed by atoms with van der Waals surface area (Å²) >= 11 is 0. The molecule has 0 unspecified atom stereocenters. The standard InChI is InChI=1S/C50H31NO2/c1-2-15-33(16-3-1)36-18-8-10-24-43(36)51(44-25-12-23-41-39-20-9-11-26-46(39)52-50(41)44)45-31-42-48-37(35-29-28-32-14-4-5-17-34(32)30-35)22-13-27-47(48)53-49(42)40-21-7-6-19-38(40)45/h1-31H. The molecule has 11 rings (SSSR count). The topological polar surface area (TPSA) is 29.5 Å². The van der Waals surface area contributed by atoms with Gasteiger partial charge in [0.15, 0.2) is 5.58 Å². The zero-order chi connectivity index (χ0) is 34.9. The summed E-state index contributed by atoms with van der Waals surface area (Å²) in [7, 11) is 0. The van der Waals surface area contributed by atoms with E-state index < -0.39 is 0 Å². The molecule has 9 aromatic carbocycles. The van der Waals surface area contributed by atoms with Crippen LogP contribution in [0.25, 0.3) is 87.7 Å². The second-order valence-corrected chi connectivity index (χ2v) is 13.6. The Balaban J connectivity index is 1.27. The molecule has 3 nitrogen and oxygen atoms in total. The monoisotopic (exact) mass is 677 g/mol. The molecule has 0 saturated carbocycles. The largest absolute Gasteiger partial charge is 0.455 e. The Morgan fingerprint density at radius 3 is 1.85 bits per heavy atom. The quantitative estimate of drug-likeness (QED) is 0.182. The fourth-order valence-corrected chi connectivity index (χ4v) is 8.24. The summed E-state index contributed by atoms with van der Waals surface area (Å²) in [5, 5.41) is 8.92. The first-order chi connectivity index (χ1) is 26.3. The number of benzene rings is 9. The van der Waals surface area contributed by atoms with E-state index in [-0.39, 0.29) is 0 Å². The summed E-state index contributed by atoms with van der Waals surface area (Å²) in [4.78, 5) is 2.40. The Hall–Kier alpha value is -7.10. The molecule has 11 aromatic rings. The number of anilines is 3. The van der Waals surface area contributed by atoms with Crippen molar-refractivity contribution in [3.05, 3.63) is 188 Å². The maximum absolute atomic E-state index is 6.83. The third-order valence-corrected chi connectivity index (χ3v) is 10.6. The summed E-state index contributed by atoms with van der Waals surface area (Å²) in [5.41, 5.74) is 11.1. The molecule has 0 saturated heterocycles. The average molecular weight is 678 g/mol. The Labute approximate surface area is 305 Å². The molecule has 53 heavy (non-hydrogen) atoms. The highest BCUT2D eigenvalue weighted by atomic mass is 16.3. The first-order valence-electron chi connectivity index (χ1n) is 18.0. The minimum absolute atomic E-state index is 0.842. The van der Waals surface area contributed by atoms with Crippen LogP contribution in [-0.2, 0) is 0 Å². The van der Waals surface area contributed by atoms with Gasteiger partial charge in [-0.1, -0.05) is 152 Å². The Morgan fingerprint density at radius 1 is 0.321 bits per heavy atom. The number of fused-ring (bicyclic) bond motifs is 9. The highest BCUT2D eigenvalue weighted by Crippen LogP contribution is 2.50. The fourth-order valence-electron chi connectivity index (χ4n) is 8.24. The first-order valence-corrected chi connectivity index (χ1v) is 18.0. The van der Waals surface area contributed by atoms with Crippen molar-refractivity contribution in [3.8, 4) is 22.3 Å². The second kappa shape index (κ2) is 11.7. The first kappa shape index (κ1) is 29.6. The minimum Gasteiger partial charge on any atom is -0.455 e. The van der Waals surface area contributed by atoms with Crippen LogP contribution in [0.1, 0.15) is 0 Å². The van der Waals surface area contributed by atoms with E-state index >= 15 is 0 Å². The maximum Gasteiger partial charge on any atom is 0.159 e. The minimum atomic E-state index is 0.842. The summed E-state index contributed by atoms with van der Waals surface area (Å²) in [5.74, 6) is 0. The third-order valence-electron chi connectivity index (χ3n) is 10.6. The van der Waals surface area contributed by atoms with Crippen LogP contribution in [0.2, 0.25) is 0 Å². The zero-order valence-corrected chi connectivity index (χ0v) is 28.7. The summed E-state index contributed by atoms with van der Waals surface area (Å²) in [6.07, 6.45) is 0. The van der Waals surface area contributed by atoms with Crippen molar-refractivity contribution in [3.63, 3.8) is 0 Å². The Bertz CT molecular complexity index is 3190. The molecule has 0 atom stereocenters. The van der Waals surface area contributed by atoms with Gasteiger partial charge < -0.3 is 13.7 Å². The van der Waals surface area contributed by atoms with Crippen LogP contribution in [0.5, 0.6) is 0 Å². The lowest BCUT2D eigenvalue weighted by Gasteiger charge is -2.29. The van der Waals surface area contributed by atoms with Gasteiger partial charge in [0.25, 0.3) is 0 Å². The Morgan fingerprint density at radius 2 is 0.943 bits per heavy atom. The second-order valence-electron chi connectivity index (χ2n) is 13.6. The molecule has 0 amide bonds. The van der Waals surface area contributed by atoms with E-state index in [0.717, 1.165) is 94.0 Å². The van der Waals surface area contributed by atoms with Gasteiger partial charge in [0.05, 0.1) is 17.1 Å². The van der Waals surface area contributed by atoms with Crippen molar-refractivity contribution in [2.45, 2.75) is 0 Å². The van der Waals surface area contributed by atoms with Gasteiger partial charge in [-0.3, -0.25) is 0 Å². The molecule has 0 N–H and O–H groups in total. The highest BCUT2D eigenvalue weighted by Gasteiger charge is 2.26. The third kappa shape index (κ3) is 4.61. The fraction of sp³-hybridized carbons (Fsp3) is 0. The molecular formula is C50H31NO2. The molecule has 0 fully saturated rings. The average Bonchev–Trinajstić information content (AvgIpc) is 3.81. The lowest BCUT2D eigenvalue weighted by atomic mass is 9.95. The van der Waals surface area contributed by atoms with Gasteiger partial charge in [0, 0.05) is 37.9 Å². The van der Waals surface area contributed by atoms with E-state index in [1.165, 1.54) is 10.8 Å². The number of nitrogens with zero attached hydrogens (tertiary/aromatic N) is 1. The molecule has 2 heterocycles. The van der Waals surface area contributed by atoms with Crippen LogP contribution < -0.4 is 4.90 Å². The van der Waals surface area contributed by atoms with Gasteiger partial charge in [-0.2, -0.15) is 0 Å². The van der Waals surface area contributed by atoms with Crippen molar-refractivity contribution in [2.75, 3.05) is 4.90 Å². The zero-order valence-electron chi connectivity index (χ0n) is 28.7. The lowest BCUT2D eigenvalue weighted by Crippen LogP contribution is -2.12. The summed E-state index contributed by atoms with van der Waals surface area (Å²) in [6.45, 7) is 0. The smallest absolute Gasteiger partial charge is 0.159 e. The predicted octanol–water partition coefficient (Wildman–Crippen LogP) is 14.6. The normalized spacial score (nSPS) is 11.8. The van der Waals surface area contributed by atoms with Crippen molar-refractivity contribution < 1.29 is 8.83 Å². The molecule has 0 aliphatic rings. The van der Waals surface area contributed by atoms with Crippen LogP contribution in [0.3, 0.4) is 0 Å². The van der Waals surface area contributed by atoms with Gasteiger partial charge in [-0.15, -0.1) is 0 Å². The van der Waals surface area contributed by atoms with Crippen LogP contribution in [-0.4, -0.2) is 0 Å². The van der Waals surface area contributed by atoms with Crippen LogP contribution in [0, 0.1) is 0 Å². The van der Waals surface area contributed by atoms with E-state index in [2.05, 4.69) is 187 Å². The molecule has 2 aromatic heterocycles. The van der Waals surface area contributed by atoms with E-state index in [9.17, 15) is 0 Å². The number of hydrogen-bond donors (Lipinski definition) is 0. The molecule has 3 heteroatoms. The lowest BCUT2D eigenvalue weighted by molar-refractivity contribution is 0.669. The van der Waals surface area contributed by atoms with E-state index in [4.69, 9.17) is 8.83 Å². The molecule has 0 aliphatic carbocycles. The van der Waals surface area contributed by atoms with E-state index in [1.54, 1.807) is 0 Å². The summed E-state index contributed by atoms with van der Waals surface area (Å²) in [6, 6.07) is 66.7. The molecule has 248 valence electrons. The maximum atomic E-state index is 6.83. The van der Waals surface area contributed by atoms with E-state index in [1.807, 2.05) is 6.07 Å². The Kier molecular flexibility index (Phi) is 6.55. The number of rotatable bonds is 5. The van der Waals surface area contributed by atoms with Crippen molar-refractivity contribution in [1.82, 2.24) is 0 Å². The van der Waals surface area contributed by atoms with Crippen LogP contribution >= 0.6 is 0 Å². The van der Waals surface area contributed by atoms with Crippen molar-refractivity contribution in [2.24, 2.45) is 0 Å². The number of hydrogen-bond acceptors (Lipinski definition) is 3. The van der Waals surface area contributed by atoms with Gasteiger partial charge in [0.2, 0.25) is 0 Å². The van der Waals surface area contributed by atoms with Crippen molar-refractivity contribution >= 4 is 82.5 Å². The molecular weight excluding hydrogens is 647 g/mol. The summed E-state index contributed by atoms with van der Waals surface area (Å²) < 4.78 is 13.6. The molecule has 0 spiro atoms. The van der Waals surface area contributed by atoms with Crippen LogP contribution in [0.4, 0.5) is 17.1 Å².